The average Bonchev–Trinajstić information content (AvgIpc) is 3.22. The maximum absolute atomic E-state index is 12.4. The van der Waals surface area contributed by atoms with E-state index in [1.54, 1.807) is 7.05 Å². The molecule has 11 nitrogen and oxygen atoms in total. The number of ether oxygens (including phenoxy) is 3. The minimum Gasteiger partial charge on any atom is -0.490 e. The first-order valence-electron chi connectivity index (χ1n) is 11.6. The van der Waals surface area contributed by atoms with Crippen molar-refractivity contribution in [3.8, 4) is 11.6 Å². The second kappa shape index (κ2) is 9.73. The van der Waals surface area contributed by atoms with Gasteiger partial charge < -0.3 is 18.8 Å². The van der Waals surface area contributed by atoms with E-state index < -0.39 is 6.09 Å². The topological polar surface area (TPSA) is 126 Å². The molecule has 0 aromatic carbocycles. The van der Waals surface area contributed by atoms with Crippen molar-refractivity contribution < 1.29 is 23.8 Å². The van der Waals surface area contributed by atoms with Crippen LogP contribution in [0.25, 0.3) is 11.0 Å². The van der Waals surface area contributed by atoms with Crippen LogP contribution in [0.15, 0.2) is 23.3 Å². The van der Waals surface area contributed by atoms with E-state index >= 15 is 0 Å². The van der Waals surface area contributed by atoms with Crippen LogP contribution in [0.2, 0.25) is 5.02 Å². The molecular formula is C24H24ClN5O6. The maximum Gasteiger partial charge on any atom is 0.415 e. The van der Waals surface area contributed by atoms with Crippen LogP contribution in [-0.2, 0) is 23.0 Å². The van der Waals surface area contributed by atoms with Crippen molar-refractivity contribution in [2.45, 2.75) is 38.7 Å². The summed E-state index contributed by atoms with van der Waals surface area (Å²) in [5.41, 5.74) is 2.24. The van der Waals surface area contributed by atoms with Crippen LogP contribution in [-0.4, -0.2) is 57.3 Å². The summed E-state index contributed by atoms with van der Waals surface area (Å²) in [5, 5.41) is 0.335. The number of Topliss-reactive ketones (excluding diaryl/α,β-unsaturated/α-hetero) is 1. The fraction of sp³-hybridized carbons (Fsp3) is 0.417. The molecule has 5 rings (SSSR count). The SMILES string of the molecule is Cc1cc(=O)n(C)c2c(OCCCC[C@H]3CN(c4cnc5c(n4)CC(=O)CO5)C(=O)O3)c(Cl)cnc12. The first-order valence-corrected chi connectivity index (χ1v) is 12.0. The fourth-order valence-corrected chi connectivity index (χ4v) is 4.52. The Morgan fingerprint density at radius 2 is 2.03 bits per heavy atom. The number of carbonyl (C=O) groups is 2. The molecule has 0 aliphatic carbocycles. The highest BCUT2D eigenvalue weighted by Crippen LogP contribution is 2.32. The van der Waals surface area contributed by atoms with Crippen LogP contribution in [0.1, 0.15) is 30.5 Å². The predicted octanol–water partition coefficient (Wildman–Crippen LogP) is 2.76. The lowest BCUT2D eigenvalue weighted by Crippen LogP contribution is -2.28. The summed E-state index contributed by atoms with van der Waals surface area (Å²) < 4.78 is 18.2. The van der Waals surface area contributed by atoms with Crippen LogP contribution in [0, 0.1) is 6.92 Å². The molecule has 1 amide bonds. The van der Waals surface area contributed by atoms with E-state index in [1.165, 1.54) is 27.9 Å². The number of aromatic nitrogens is 4. The normalized spacial score (nSPS) is 17.2. The van der Waals surface area contributed by atoms with E-state index in [2.05, 4.69) is 15.0 Å². The number of halogens is 1. The predicted molar refractivity (Wildman–Crippen MR) is 130 cm³/mol. The molecule has 5 heterocycles. The summed E-state index contributed by atoms with van der Waals surface area (Å²) in [4.78, 5) is 50.6. The van der Waals surface area contributed by atoms with E-state index in [4.69, 9.17) is 25.8 Å². The van der Waals surface area contributed by atoms with E-state index in [1.807, 2.05) is 6.92 Å². The van der Waals surface area contributed by atoms with Gasteiger partial charge in [-0.1, -0.05) is 11.6 Å². The molecule has 0 saturated carbocycles. The first kappa shape index (κ1) is 24.0. The fourth-order valence-electron chi connectivity index (χ4n) is 4.32. The number of fused-ring (bicyclic) bond motifs is 2. The standard InChI is InChI=1S/C24H24ClN5O6/c1-13-7-19(32)29(2)21-20(13)26-9-16(25)22(21)34-6-4-3-5-15-11-30(24(33)36-15)18-10-27-23-17(28-18)8-14(31)12-35-23/h7,9-10,15H,3-6,8,11-12H2,1-2H3/t15-/m0/s1. The molecule has 0 radical (unpaired) electrons. The monoisotopic (exact) mass is 513 g/mol. The van der Waals surface area contributed by atoms with Gasteiger partial charge in [0.1, 0.15) is 28.9 Å². The molecular weight excluding hydrogens is 490 g/mol. The summed E-state index contributed by atoms with van der Waals surface area (Å²) in [5.74, 6) is 0.996. The number of hydrogen-bond donors (Lipinski definition) is 0. The number of ketones is 1. The van der Waals surface area contributed by atoms with E-state index in [0.29, 0.717) is 65.2 Å². The number of cyclic esters (lactones) is 1. The van der Waals surface area contributed by atoms with E-state index in [9.17, 15) is 14.4 Å². The van der Waals surface area contributed by atoms with Gasteiger partial charge in [-0.2, -0.15) is 0 Å². The molecule has 188 valence electrons. The summed E-state index contributed by atoms with van der Waals surface area (Å²) in [7, 11) is 1.66. The molecule has 2 aliphatic rings. The molecule has 1 atom stereocenters. The number of pyridine rings is 2. The second-order valence-corrected chi connectivity index (χ2v) is 9.21. The number of aryl methyl sites for hydroxylation is 2. The summed E-state index contributed by atoms with van der Waals surface area (Å²) in [6.07, 6.45) is 4.36. The third-order valence-electron chi connectivity index (χ3n) is 6.19. The molecule has 0 N–H and O–H groups in total. The molecule has 0 unspecified atom stereocenters. The van der Waals surface area contributed by atoms with Gasteiger partial charge in [0.05, 0.1) is 37.5 Å². The summed E-state index contributed by atoms with van der Waals surface area (Å²) >= 11 is 6.34. The number of amides is 1. The summed E-state index contributed by atoms with van der Waals surface area (Å²) in [6.45, 7) is 2.52. The van der Waals surface area contributed by atoms with Gasteiger partial charge in [0.15, 0.2) is 17.4 Å². The lowest BCUT2D eigenvalue weighted by Gasteiger charge is -2.17. The van der Waals surface area contributed by atoms with Crippen LogP contribution in [0.5, 0.6) is 11.6 Å². The maximum atomic E-state index is 12.4. The van der Waals surface area contributed by atoms with Gasteiger partial charge >= 0.3 is 6.09 Å². The molecule has 1 fully saturated rings. The average molecular weight is 514 g/mol. The highest BCUT2D eigenvalue weighted by Gasteiger charge is 2.34. The molecule has 0 bridgehead atoms. The van der Waals surface area contributed by atoms with Crippen LogP contribution in [0.4, 0.5) is 10.6 Å². The number of unbranched alkanes of at least 4 members (excludes halogenated alkanes) is 1. The Labute approximate surface area is 211 Å². The minimum absolute atomic E-state index is 0.0140. The number of nitrogens with zero attached hydrogens (tertiary/aromatic N) is 5. The number of anilines is 1. The zero-order valence-corrected chi connectivity index (χ0v) is 20.6. The Balaban J connectivity index is 1.17. The Bertz CT molecular complexity index is 1420. The number of hydrogen-bond acceptors (Lipinski definition) is 9. The van der Waals surface area contributed by atoms with Crippen molar-refractivity contribution in [2.24, 2.45) is 7.05 Å². The van der Waals surface area contributed by atoms with Gasteiger partial charge in [-0.25, -0.2) is 14.8 Å². The largest absolute Gasteiger partial charge is 0.490 e. The van der Waals surface area contributed by atoms with Gasteiger partial charge in [-0.15, -0.1) is 0 Å². The van der Waals surface area contributed by atoms with Crippen LogP contribution in [0.3, 0.4) is 0 Å². The first-order chi connectivity index (χ1) is 17.3. The Kier molecular flexibility index (Phi) is 6.48. The Hall–Kier alpha value is -3.73. The third kappa shape index (κ3) is 4.58. The molecule has 1 saturated heterocycles. The molecule has 2 aliphatic heterocycles. The highest BCUT2D eigenvalue weighted by atomic mass is 35.5. The zero-order valence-electron chi connectivity index (χ0n) is 19.8. The number of carbonyl (C=O) groups excluding carboxylic acids is 2. The van der Waals surface area contributed by atoms with E-state index in [0.717, 1.165) is 12.0 Å². The molecule has 3 aromatic rings. The quantitative estimate of drug-likeness (QED) is 0.438. The zero-order chi connectivity index (χ0) is 25.4. The number of rotatable bonds is 7. The van der Waals surface area contributed by atoms with Gasteiger partial charge in [0.2, 0.25) is 5.88 Å². The Morgan fingerprint density at radius 3 is 2.86 bits per heavy atom. The van der Waals surface area contributed by atoms with Gasteiger partial charge in [0, 0.05) is 13.1 Å². The highest BCUT2D eigenvalue weighted by molar-refractivity contribution is 6.32. The lowest BCUT2D eigenvalue weighted by atomic mass is 10.1. The smallest absolute Gasteiger partial charge is 0.415 e. The lowest BCUT2D eigenvalue weighted by molar-refractivity contribution is -0.121. The molecule has 3 aromatic heterocycles. The summed E-state index contributed by atoms with van der Waals surface area (Å²) in [6, 6.07) is 1.53. The van der Waals surface area contributed by atoms with Crippen molar-refractivity contribution in [1.82, 2.24) is 19.5 Å². The van der Waals surface area contributed by atoms with Crippen LogP contribution < -0.4 is 19.9 Å². The van der Waals surface area contributed by atoms with Gasteiger partial charge in [-0.05, 0) is 31.7 Å². The van der Waals surface area contributed by atoms with Crippen molar-refractivity contribution in [3.63, 3.8) is 0 Å². The molecule has 0 spiro atoms. The van der Waals surface area contributed by atoms with Crippen molar-refractivity contribution in [1.29, 1.82) is 0 Å². The molecule has 36 heavy (non-hydrogen) atoms. The Morgan fingerprint density at radius 1 is 1.19 bits per heavy atom. The minimum atomic E-state index is -0.500. The van der Waals surface area contributed by atoms with Crippen molar-refractivity contribution >= 4 is 40.3 Å². The second-order valence-electron chi connectivity index (χ2n) is 8.80. The van der Waals surface area contributed by atoms with E-state index in [-0.39, 0.29) is 30.5 Å². The van der Waals surface area contributed by atoms with Gasteiger partial charge in [0.25, 0.3) is 5.56 Å². The van der Waals surface area contributed by atoms with Crippen molar-refractivity contribution in [3.05, 3.63) is 45.1 Å². The van der Waals surface area contributed by atoms with Crippen molar-refractivity contribution in [2.75, 3.05) is 24.7 Å². The molecule has 12 heteroatoms. The van der Waals surface area contributed by atoms with Crippen LogP contribution >= 0.6 is 11.6 Å². The van der Waals surface area contributed by atoms with Gasteiger partial charge in [-0.3, -0.25) is 19.5 Å². The third-order valence-corrected chi connectivity index (χ3v) is 6.46.